The summed E-state index contributed by atoms with van der Waals surface area (Å²) in [4.78, 5) is 23.5. The van der Waals surface area contributed by atoms with E-state index in [0.717, 1.165) is 0 Å². The Labute approximate surface area is 213 Å². The third kappa shape index (κ3) is 5.63. The highest BCUT2D eigenvalue weighted by Crippen LogP contribution is 2.41. The lowest BCUT2D eigenvalue weighted by molar-refractivity contribution is -0.384. The molecule has 2 aliphatic heterocycles. The number of carbonyl (C=O) groups is 1. The highest BCUT2D eigenvalue weighted by atomic mass is 19.1. The normalized spacial score (nSPS) is 19.2. The number of rotatable bonds is 7. The first-order valence-corrected chi connectivity index (χ1v) is 12.0. The van der Waals surface area contributed by atoms with Gasteiger partial charge < -0.3 is 28.6 Å². The van der Waals surface area contributed by atoms with Crippen molar-refractivity contribution in [2.75, 3.05) is 43.1 Å². The standard InChI is InChI=1S/C26H27FN4O6/c1-3-34-22-21(25-35-16(2)36-25)29-23(30-24(22)31-11-13-33-14-12-31)19-10-9-17(15-20(19)27)28-26(32)37-18-7-5-4-6-8-18/h4-10,15-16,25H,3,11-14H2,1-2H3,(H,28,32). The van der Waals surface area contributed by atoms with E-state index in [1.165, 1.54) is 12.1 Å². The Morgan fingerprint density at radius 2 is 1.89 bits per heavy atom. The van der Waals surface area contributed by atoms with Crippen molar-refractivity contribution in [3.05, 3.63) is 60.0 Å². The Balaban J connectivity index is 1.45. The number of hydrogen-bond acceptors (Lipinski definition) is 9. The van der Waals surface area contributed by atoms with Crippen molar-refractivity contribution >= 4 is 17.6 Å². The molecule has 3 aromatic rings. The van der Waals surface area contributed by atoms with Gasteiger partial charge in [0.2, 0.25) is 6.29 Å². The van der Waals surface area contributed by atoms with Crippen LogP contribution in [0.4, 0.5) is 20.7 Å². The molecule has 0 aliphatic carbocycles. The molecule has 2 fully saturated rings. The smallest absolute Gasteiger partial charge is 0.417 e. The van der Waals surface area contributed by atoms with E-state index in [9.17, 15) is 4.79 Å². The summed E-state index contributed by atoms with van der Waals surface area (Å²) in [6.45, 7) is 6.25. The van der Waals surface area contributed by atoms with Gasteiger partial charge in [-0.3, -0.25) is 5.32 Å². The summed E-state index contributed by atoms with van der Waals surface area (Å²) in [5, 5.41) is 2.53. The maximum Gasteiger partial charge on any atom is 0.417 e. The van der Waals surface area contributed by atoms with E-state index in [2.05, 4.69) is 15.3 Å². The van der Waals surface area contributed by atoms with Crippen molar-refractivity contribution in [3.63, 3.8) is 0 Å². The third-order valence-electron chi connectivity index (χ3n) is 5.74. The average Bonchev–Trinajstić information content (AvgIpc) is 2.88. The largest absolute Gasteiger partial charge is 0.488 e. The van der Waals surface area contributed by atoms with Crippen LogP contribution in [0.25, 0.3) is 11.4 Å². The van der Waals surface area contributed by atoms with Crippen LogP contribution < -0.4 is 19.7 Å². The minimum Gasteiger partial charge on any atom is -0.488 e. The van der Waals surface area contributed by atoms with Crippen LogP contribution in [0, 0.1) is 5.82 Å². The molecule has 194 valence electrons. The lowest BCUT2D eigenvalue weighted by Crippen LogP contribution is -2.38. The van der Waals surface area contributed by atoms with E-state index >= 15 is 4.39 Å². The molecule has 1 amide bonds. The van der Waals surface area contributed by atoms with E-state index in [0.29, 0.717) is 55.9 Å². The van der Waals surface area contributed by atoms with Crippen LogP contribution in [0.1, 0.15) is 25.8 Å². The number of aromatic nitrogens is 2. The first-order chi connectivity index (χ1) is 18.0. The van der Waals surface area contributed by atoms with Gasteiger partial charge in [0, 0.05) is 18.8 Å². The van der Waals surface area contributed by atoms with Gasteiger partial charge in [0.15, 0.2) is 23.7 Å². The Hall–Kier alpha value is -3.80. The molecule has 1 aromatic heterocycles. The number of amides is 1. The highest BCUT2D eigenvalue weighted by Gasteiger charge is 2.36. The van der Waals surface area contributed by atoms with Crippen molar-refractivity contribution in [2.24, 2.45) is 0 Å². The molecule has 37 heavy (non-hydrogen) atoms. The van der Waals surface area contributed by atoms with E-state index < -0.39 is 18.2 Å². The summed E-state index contributed by atoms with van der Waals surface area (Å²) in [5.41, 5.74) is 0.758. The fourth-order valence-electron chi connectivity index (χ4n) is 4.01. The number of morpholine rings is 1. The first kappa shape index (κ1) is 24.9. The molecule has 3 heterocycles. The van der Waals surface area contributed by atoms with Crippen LogP contribution >= 0.6 is 0 Å². The molecule has 2 saturated heterocycles. The van der Waals surface area contributed by atoms with Gasteiger partial charge in [-0.25, -0.2) is 19.2 Å². The van der Waals surface area contributed by atoms with Crippen LogP contribution in [-0.4, -0.2) is 55.3 Å². The molecule has 0 spiro atoms. The second-order valence-electron chi connectivity index (χ2n) is 8.31. The van der Waals surface area contributed by atoms with Crippen LogP contribution in [0.15, 0.2) is 48.5 Å². The number of para-hydroxylation sites is 1. The molecular weight excluding hydrogens is 483 g/mol. The average molecular weight is 511 g/mol. The molecule has 2 aliphatic rings. The minimum atomic E-state index is -0.755. The van der Waals surface area contributed by atoms with Crippen LogP contribution in [0.5, 0.6) is 11.5 Å². The van der Waals surface area contributed by atoms with Gasteiger partial charge in [-0.1, -0.05) is 18.2 Å². The van der Waals surface area contributed by atoms with Gasteiger partial charge in [0.25, 0.3) is 0 Å². The third-order valence-corrected chi connectivity index (χ3v) is 5.74. The van der Waals surface area contributed by atoms with Gasteiger partial charge in [-0.2, -0.15) is 0 Å². The van der Waals surface area contributed by atoms with E-state index in [1.54, 1.807) is 37.3 Å². The maximum atomic E-state index is 15.3. The lowest BCUT2D eigenvalue weighted by Gasteiger charge is -2.35. The van der Waals surface area contributed by atoms with Crippen molar-refractivity contribution in [1.82, 2.24) is 9.97 Å². The van der Waals surface area contributed by atoms with Crippen LogP contribution in [0.2, 0.25) is 0 Å². The number of nitrogens with one attached hydrogen (secondary N) is 1. The van der Waals surface area contributed by atoms with Crippen molar-refractivity contribution in [1.29, 1.82) is 0 Å². The number of benzene rings is 2. The molecule has 2 aromatic carbocycles. The molecule has 0 atom stereocenters. The van der Waals surface area contributed by atoms with Crippen LogP contribution in [0.3, 0.4) is 0 Å². The number of nitrogens with zero attached hydrogens (tertiary/aromatic N) is 3. The topological polar surface area (TPSA) is 104 Å². The summed E-state index contributed by atoms with van der Waals surface area (Å²) in [6, 6.07) is 12.8. The second-order valence-corrected chi connectivity index (χ2v) is 8.31. The quantitative estimate of drug-likeness (QED) is 0.491. The molecule has 1 N–H and O–H groups in total. The van der Waals surface area contributed by atoms with Gasteiger partial charge in [0.1, 0.15) is 17.3 Å². The van der Waals surface area contributed by atoms with E-state index in [4.69, 9.17) is 23.7 Å². The summed E-state index contributed by atoms with van der Waals surface area (Å²) >= 11 is 0. The monoisotopic (exact) mass is 510 g/mol. The molecule has 5 rings (SSSR count). The van der Waals surface area contributed by atoms with Gasteiger partial charge >= 0.3 is 6.09 Å². The van der Waals surface area contributed by atoms with Crippen molar-refractivity contribution in [2.45, 2.75) is 26.4 Å². The zero-order chi connectivity index (χ0) is 25.8. The number of halogens is 1. The molecule has 0 saturated carbocycles. The molecule has 0 bridgehead atoms. The predicted molar refractivity (Wildman–Crippen MR) is 132 cm³/mol. The molecule has 0 unspecified atom stereocenters. The Bertz CT molecular complexity index is 1250. The Kier molecular flexibility index (Phi) is 7.45. The zero-order valence-corrected chi connectivity index (χ0v) is 20.5. The minimum absolute atomic E-state index is 0.141. The first-order valence-electron chi connectivity index (χ1n) is 12.0. The maximum absolute atomic E-state index is 15.3. The van der Waals surface area contributed by atoms with Crippen molar-refractivity contribution in [3.8, 4) is 22.9 Å². The molecule has 11 heteroatoms. The SMILES string of the molecule is CCOc1c(C2OC(C)O2)nc(-c2ccc(NC(=O)Oc3ccccc3)cc2F)nc1N1CCOCC1. The predicted octanol–water partition coefficient (Wildman–Crippen LogP) is 4.52. The van der Waals surface area contributed by atoms with Gasteiger partial charge in [-0.15, -0.1) is 0 Å². The lowest BCUT2D eigenvalue weighted by atomic mass is 10.1. The van der Waals surface area contributed by atoms with E-state index in [1.807, 2.05) is 17.9 Å². The number of ether oxygens (including phenoxy) is 5. The van der Waals surface area contributed by atoms with Crippen LogP contribution in [-0.2, 0) is 14.2 Å². The number of carbonyl (C=O) groups excluding carboxylic acids is 1. The summed E-state index contributed by atoms with van der Waals surface area (Å²) < 4.78 is 43.3. The summed E-state index contributed by atoms with van der Waals surface area (Å²) in [6.07, 6.45) is -1.88. The summed E-state index contributed by atoms with van der Waals surface area (Å²) in [5.74, 6) is 0.849. The van der Waals surface area contributed by atoms with Gasteiger partial charge in [0.05, 0.1) is 25.4 Å². The van der Waals surface area contributed by atoms with E-state index in [-0.39, 0.29) is 23.4 Å². The summed E-state index contributed by atoms with van der Waals surface area (Å²) in [7, 11) is 0. The molecular formula is C26H27FN4O6. The Morgan fingerprint density at radius 3 is 2.57 bits per heavy atom. The van der Waals surface area contributed by atoms with Crippen molar-refractivity contribution < 1.29 is 32.9 Å². The number of hydrogen-bond donors (Lipinski definition) is 1. The number of anilines is 2. The van der Waals surface area contributed by atoms with Gasteiger partial charge in [-0.05, 0) is 44.2 Å². The second kappa shape index (κ2) is 11.1. The fourth-order valence-corrected chi connectivity index (χ4v) is 4.01. The molecule has 0 radical (unpaired) electrons. The zero-order valence-electron chi connectivity index (χ0n) is 20.5. The fraction of sp³-hybridized carbons (Fsp3) is 0.346. The molecule has 10 nitrogen and oxygen atoms in total. The highest BCUT2D eigenvalue weighted by molar-refractivity contribution is 5.86. The Morgan fingerprint density at radius 1 is 1.14 bits per heavy atom.